The molecule has 1 saturated carbocycles. The number of carbonyl (C=O) groups is 1. The number of hydrogen-bond acceptors (Lipinski definition) is 7. The molecule has 2 aliphatic heterocycles. The summed E-state index contributed by atoms with van der Waals surface area (Å²) in [5, 5.41) is 19.9. The number of halogens is 1. The Bertz CT molecular complexity index is 1540. The van der Waals surface area contributed by atoms with E-state index in [-0.39, 0.29) is 5.91 Å². The number of pyridine rings is 1. The minimum atomic E-state index is -0.870. The molecule has 1 amide bonds. The van der Waals surface area contributed by atoms with E-state index < -0.39 is 5.60 Å². The van der Waals surface area contributed by atoms with Gasteiger partial charge in [-0.1, -0.05) is 23.7 Å². The zero-order valence-electron chi connectivity index (χ0n) is 22.9. The van der Waals surface area contributed by atoms with Gasteiger partial charge in [-0.05, 0) is 79.8 Å². The first kappa shape index (κ1) is 26.3. The van der Waals surface area contributed by atoms with Gasteiger partial charge in [0.25, 0.3) is 5.91 Å². The standard InChI is InChI=1S/C31H34ClN7O2/c32-24-7-5-23(6-8-24)31(41)13-16-37(17-14-31)27-2-1-15-39-28(27)34-30(35-39)33-25-9-3-22(4-10-25)29(40)38-20-18-36(19-21-38)26-11-12-26/h1-10,15,26,41H,11-14,16-21H2,(H,33,35). The number of rotatable bonds is 6. The van der Waals surface area contributed by atoms with Crippen molar-refractivity contribution < 1.29 is 9.90 Å². The highest BCUT2D eigenvalue weighted by Gasteiger charge is 2.35. The second kappa shape index (κ2) is 10.6. The van der Waals surface area contributed by atoms with E-state index in [2.05, 4.69) is 20.2 Å². The van der Waals surface area contributed by atoms with Crippen LogP contribution in [0.25, 0.3) is 5.65 Å². The van der Waals surface area contributed by atoms with E-state index in [1.165, 1.54) is 12.8 Å². The van der Waals surface area contributed by atoms with Crippen LogP contribution in [-0.4, -0.2) is 80.7 Å². The van der Waals surface area contributed by atoms with Crippen molar-refractivity contribution in [2.75, 3.05) is 49.5 Å². The lowest BCUT2D eigenvalue weighted by atomic mass is 9.84. The van der Waals surface area contributed by atoms with E-state index in [9.17, 15) is 9.90 Å². The Morgan fingerprint density at radius 3 is 2.32 bits per heavy atom. The van der Waals surface area contributed by atoms with E-state index in [0.29, 0.717) is 42.5 Å². The van der Waals surface area contributed by atoms with Crippen LogP contribution >= 0.6 is 11.6 Å². The molecule has 2 aromatic heterocycles. The van der Waals surface area contributed by atoms with Gasteiger partial charge in [0.05, 0.1) is 11.3 Å². The smallest absolute Gasteiger partial charge is 0.253 e. The van der Waals surface area contributed by atoms with E-state index in [1.807, 2.05) is 71.8 Å². The van der Waals surface area contributed by atoms with Gasteiger partial charge in [-0.25, -0.2) is 4.52 Å². The third-order valence-corrected chi connectivity index (χ3v) is 8.96. The van der Waals surface area contributed by atoms with Crippen molar-refractivity contribution in [1.82, 2.24) is 24.4 Å². The highest BCUT2D eigenvalue weighted by atomic mass is 35.5. The van der Waals surface area contributed by atoms with Crippen LogP contribution in [0.4, 0.5) is 17.3 Å². The lowest BCUT2D eigenvalue weighted by molar-refractivity contribution is 0.0118. The lowest BCUT2D eigenvalue weighted by Crippen LogP contribution is -2.49. The molecule has 0 bridgehead atoms. The van der Waals surface area contributed by atoms with Gasteiger partial charge >= 0.3 is 0 Å². The van der Waals surface area contributed by atoms with Gasteiger partial charge in [0, 0.05) is 67.8 Å². The predicted octanol–water partition coefficient (Wildman–Crippen LogP) is 4.53. The maximum atomic E-state index is 13.0. The maximum Gasteiger partial charge on any atom is 0.253 e. The third kappa shape index (κ3) is 5.37. The van der Waals surface area contributed by atoms with E-state index in [4.69, 9.17) is 16.6 Å². The molecule has 2 aromatic carbocycles. The summed E-state index contributed by atoms with van der Waals surface area (Å²) in [5.74, 6) is 0.578. The van der Waals surface area contributed by atoms with Gasteiger partial charge in [0.1, 0.15) is 0 Å². The van der Waals surface area contributed by atoms with Gasteiger partial charge in [-0.2, -0.15) is 4.98 Å². The molecule has 2 N–H and O–H groups in total. The van der Waals surface area contributed by atoms with Gasteiger partial charge < -0.3 is 20.2 Å². The van der Waals surface area contributed by atoms with Crippen molar-refractivity contribution in [2.45, 2.75) is 37.3 Å². The van der Waals surface area contributed by atoms with Crippen LogP contribution in [-0.2, 0) is 5.60 Å². The summed E-state index contributed by atoms with van der Waals surface area (Å²) in [7, 11) is 0. The van der Waals surface area contributed by atoms with Gasteiger partial charge in [0.15, 0.2) is 5.65 Å². The number of amides is 1. The molecule has 41 heavy (non-hydrogen) atoms. The number of piperidine rings is 1. The van der Waals surface area contributed by atoms with Crippen LogP contribution < -0.4 is 10.2 Å². The number of nitrogens with zero attached hydrogens (tertiary/aromatic N) is 6. The van der Waals surface area contributed by atoms with Crippen molar-refractivity contribution in [2.24, 2.45) is 0 Å². The Morgan fingerprint density at radius 2 is 1.63 bits per heavy atom. The molecular formula is C31H34ClN7O2. The first-order valence-corrected chi connectivity index (χ1v) is 14.8. The molecule has 3 fully saturated rings. The molecule has 1 aliphatic carbocycles. The van der Waals surface area contributed by atoms with Crippen LogP contribution in [0.2, 0.25) is 5.02 Å². The largest absolute Gasteiger partial charge is 0.385 e. The van der Waals surface area contributed by atoms with Crippen LogP contribution in [0.5, 0.6) is 0 Å². The Morgan fingerprint density at radius 1 is 0.927 bits per heavy atom. The topological polar surface area (TPSA) is 89.2 Å². The average molecular weight is 572 g/mol. The van der Waals surface area contributed by atoms with Crippen LogP contribution in [0.1, 0.15) is 41.6 Å². The summed E-state index contributed by atoms with van der Waals surface area (Å²) < 4.78 is 1.77. The first-order chi connectivity index (χ1) is 19.9. The minimum Gasteiger partial charge on any atom is -0.385 e. The summed E-state index contributed by atoms with van der Waals surface area (Å²) in [6, 6.07) is 19.8. The molecule has 10 heteroatoms. The number of piperazine rings is 1. The lowest BCUT2D eigenvalue weighted by Gasteiger charge is -2.39. The molecule has 2 saturated heterocycles. The van der Waals surface area contributed by atoms with Crippen LogP contribution in [0.15, 0.2) is 66.9 Å². The molecule has 4 aromatic rings. The summed E-state index contributed by atoms with van der Waals surface area (Å²) >= 11 is 6.04. The Balaban J connectivity index is 1.01. The van der Waals surface area contributed by atoms with Crippen molar-refractivity contribution in [3.8, 4) is 0 Å². The van der Waals surface area contributed by atoms with E-state index >= 15 is 0 Å². The fourth-order valence-corrected chi connectivity index (χ4v) is 6.22. The van der Waals surface area contributed by atoms with E-state index in [0.717, 1.165) is 54.8 Å². The number of aromatic nitrogens is 3. The molecule has 0 unspecified atom stereocenters. The number of aliphatic hydroxyl groups is 1. The highest BCUT2D eigenvalue weighted by molar-refractivity contribution is 6.30. The Hall–Kier alpha value is -3.66. The first-order valence-electron chi connectivity index (χ1n) is 14.4. The van der Waals surface area contributed by atoms with E-state index in [1.54, 1.807) is 4.52 Å². The van der Waals surface area contributed by atoms with Crippen LogP contribution in [0.3, 0.4) is 0 Å². The number of hydrogen-bond donors (Lipinski definition) is 2. The van der Waals surface area contributed by atoms with Crippen molar-refractivity contribution in [3.05, 3.63) is 83.0 Å². The fraction of sp³-hybridized carbons (Fsp3) is 0.387. The van der Waals surface area contributed by atoms with Crippen molar-refractivity contribution in [3.63, 3.8) is 0 Å². The SMILES string of the molecule is O=C(c1ccc(Nc2nc3c(N4CCC(O)(c5ccc(Cl)cc5)CC4)cccn3n2)cc1)N1CCN(C2CC2)CC1. The summed E-state index contributed by atoms with van der Waals surface area (Å²) in [6.07, 6.45) is 5.71. The Labute approximate surface area is 244 Å². The summed E-state index contributed by atoms with van der Waals surface area (Å²) in [5.41, 5.74) is 3.29. The highest BCUT2D eigenvalue weighted by Crippen LogP contribution is 2.36. The molecular weight excluding hydrogens is 538 g/mol. The van der Waals surface area contributed by atoms with Crippen molar-refractivity contribution >= 4 is 40.5 Å². The monoisotopic (exact) mass is 571 g/mol. The number of benzene rings is 2. The molecule has 212 valence electrons. The predicted molar refractivity (Wildman–Crippen MR) is 160 cm³/mol. The molecule has 0 atom stereocenters. The normalized spacial score (nSPS) is 19.5. The number of carbonyl (C=O) groups excluding carboxylic acids is 1. The maximum absolute atomic E-state index is 13.0. The molecule has 0 spiro atoms. The Kier molecular flexibility index (Phi) is 6.81. The molecule has 9 nitrogen and oxygen atoms in total. The number of nitrogens with one attached hydrogen (secondary N) is 1. The molecule has 4 heterocycles. The summed E-state index contributed by atoms with van der Waals surface area (Å²) in [4.78, 5) is 24.5. The second-order valence-electron chi connectivity index (χ2n) is 11.4. The average Bonchev–Trinajstić information content (AvgIpc) is 3.77. The third-order valence-electron chi connectivity index (χ3n) is 8.71. The fourth-order valence-electron chi connectivity index (χ4n) is 6.10. The molecule has 7 rings (SSSR count). The van der Waals surface area contributed by atoms with Gasteiger partial charge in [0.2, 0.25) is 5.95 Å². The molecule has 0 radical (unpaired) electrons. The van der Waals surface area contributed by atoms with Crippen LogP contribution in [0, 0.1) is 0 Å². The van der Waals surface area contributed by atoms with Gasteiger partial charge in [-0.15, -0.1) is 5.10 Å². The summed E-state index contributed by atoms with van der Waals surface area (Å²) in [6.45, 7) is 4.91. The number of anilines is 3. The number of fused-ring (bicyclic) bond motifs is 1. The zero-order chi connectivity index (χ0) is 28.0. The molecule has 3 aliphatic rings. The zero-order valence-corrected chi connectivity index (χ0v) is 23.7. The second-order valence-corrected chi connectivity index (χ2v) is 11.8. The van der Waals surface area contributed by atoms with Gasteiger partial charge in [-0.3, -0.25) is 9.69 Å². The minimum absolute atomic E-state index is 0.0898. The quantitative estimate of drug-likeness (QED) is 0.351. The van der Waals surface area contributed by atoms with Crippen molar-refractivity contribution in [1.29, 1.82) is 0 Å².